The summed E-state index contributed by atoms with van der Waals surface area (Å²) >= 11 is 0. The number of carbonyl (C=O) groups is 1. The van der Waals surface area contributed by atoms with E-state index in [4.69, 9.17) is 4.74 Å². The molecule has 2 aliphatic rings. The van der Waals surface area contributed by atoms with Gasteiger partial charge < -0.3 is 14.2 Å². The molecule has 5 nitrogen and oxygen atoms in total. The topological polar surface area (TPSA) is 47.4 Å². The Bertz CT molecular complexity index is 1220. The Kier molecular flexibility index (Phi) is 5.75. The number of aromatic nitrogens is 2. The van der Waals surface area contributed by atoms with E-state index in [2.05, 4.69) is 4.98 Å². The van der Waals surface area contributed by atoms with Gasteiger partial charge in [0.15, 0.2) is 0 Å². The van der Waals surface area contributed by atoms with E-state index < -0.39 is 0 Å². The summed E-state index contributed by atoms with van der Waals surface area (Å²) in [6, 6.07) is 12.7. The number of ether oxygens (including phenoxy) is 1. The van der Waals surface area contributed by atoms with Crippen molar-refractivity contribution in [1.82, 2.24) is 14.5 Å². The first kappa shape index (κ1) is 21.4. The number of hydrogen-bond acceptors (Lipinski definition) is 3. The van der Waals surface area contributed by atoms with Gasteiger partial charge in [0.25, 0.3) is 5.91 Å². The van der Waals surface area contributed by atoms with Crippen molar-refractivity contribution < 1.29 is 13.9 Å². The number of hydrogen-bond donors (Lipinski definition) is 0. The average molecular weight is 446 g/mol. The molecule has 0 bridgehead atoms. The zero-order valence-corrected chi connectivity index (χ0v) is 19.0. The molecule has 0 spiro atoms. The predicted octanol–water partition coefficient (Wildman–Crippen LogP) is 5.63. The molecule has 2 saturated heterocycles. The number of rotatable bonds is 4. The Morgan fingerprint density at radius 1 is 1.15 bits per heavy atom. The summed E-state index contributed by atoms with van der Waals surface area (Å²) < 4.78 is 22.1. The number of benzene rings is 2. The minimum absolute atomic E-state index is 0.0208. The fourth-order valence-corrected chi connectivity index (χ4v) is 5.20. The Labute approximate surface area is 193 Å². The van der Waals surface area contributed by atoms with Gasteiger partial charge >= 0.3 is 0 Å². The van der Waals surface area contributed by atoms with Crippen LogP contribution >= 0.6 is 0 Å². The molecule has 33 heavy (non-hydrogen) atoms. The molecular weight excluding hydrogens is 417 g/mol. The van der Waals surface area contributed by atoms with Gasteiger partial charge in [-0.1, -0.05) is 24.3 Å². The van der Waals surface area contributed by atoms with Gasteiger partial charge in [0.1, 0.15) is 11.6 Å². The van der Waals surface area contributed by atoms with E-state index in [1.807, 2.05) is 59.0 Å². The first-order chi connectivity index (χ1) is 16.0. The SMILES string of the molecule is COc1cc(/C=C2\CC[C@H]3CCC[C@@H](c4ccccc4F)N3C2=O)ccc1-n1cnc(C)c1. The van der Waals surface area contributed by atoms with E-state index in [0.717, 1.165) is 54.6 Å². The molecule has 0 unspecified atom stereocenters. The second-order valence-corrected chi connectivity index (χ2v) is 8.90. The van der Waals surface area contributed by atoms with Crippen molar-refractivity contribution in [3.63, 3.8) is 0 Å². The molecule has 2 atom stereocenters. The lowest BCUT2D eigenvalue weighted by molar-refractivity contribution is -0.136. The van der Waals surface area contributed by atoms with Gasteiger partial charge in [0.2, 0.25) is 0 Å². The molecule has 0 radical (unpaired) electrons. The van der Waals surface area contributed by atoms with Gasteiger partial charge in [-0.3, -0.25) is 4.79 Å². The second kappa shape index (κ2) is 8.85. The maximum Gasteiger partial charge on any atom is 0.250 e. The summed E-state index contributed by atoms with van der Waals surface area (Å²) in [4.78, 5) is 19.8. The number of carbonyl (C=O) groups excluding carboxylic acids is 1. The van der Waals surface area contributed by atoms with E-state index >= 15 is 0 Å². The first-order valence-electron chi connectivity index (χ1n) is 11.5. The molecule has 2 aromatic carbocycles. The van der Waals surface area contributed by atoms with Crippen LogP contribution in [0.5, 0.6) is 5.75 Å². The van der Waals surface area contributed by atoms with Crippen LogP contribution in [-0.2, 0) is 4.79 Å². The number of piperidine rings is 2. The van der Waals surface area contributed by atoms with Crippen molar-refractivity contribution in [3.8, 4) is 11.4 Å². The van der Waals surface area contributed by atoms with E-state index in [-0.39, 0.29) is 23.8 Å². The van der Waals surface area contributed by atoms with Crippen LogP contribution in [-0.4, -0.2) is 33.5 Å². The van der Waals surface area contributed by atoms with Gasteiger partial charge in [0, 0.05) is 23.4 Å². The maximum atomic E-state index is 14.6. The highest BCUT2D eigenvalue weighted by molar-refractivity contribution is 5.99. The quantitative estimate of drug-likeness (QED) is 0.489. The fraction of sp³-hybridized carbons (Fsp3) is 0.333. The molecule has 0 aliphatic carbocycles. The first-order valence-corrected chi connectivity index (χ1v) is 11.5. The number of amides is 1. The molecule has 1 aromatic heterocycles. The minimum atomic E-state index is -0.234. The molecule has 0 N–H and O–H groups in total. The molecule has 170 valence electrons. The van der Waals surface area contributed by atoms with Gasteiger partial charge in [-0.2, -0.15) is 0 Å². The summed E-state index contributed by atoms with van der Waals surface area (Å²) in [5, 5.41) is 0. The Morgan fingerprint density at radius 2 is 2.00 bits per heavy atom. The molecule has 2 aliphatic heterocycles. The molecule has 3 aromatic rings. The molecule has 0 saturated carbocycles. The summed E-state index contributed by atoms with van der Waals surface area (Å²) in [6.07, 6.45) is 10.1. The number of aryl methyl sites for hydroxylation is 1. The second-order valence-electron chi connectivity index (χ2n) is 8.90. The zero-order valence-electron chi connectivity index (χ0n) is 19.0. The Balaban J connectivity index is 1.46. The number of imidazole rings is 1. The molecule has 5 rings (SSSR count). The normalized spacial score (nSPS) is 21.8. The van der Waals surface area contributed by atoms with E-state index in [9.17, 15) is 9.18 Å². The molecule has 1 amide bonds. The number of halogens is 1. The summed E-state index contributed by atoms with van der Waals surface area (Å²) in [5.74, 6) is 0.500. The van der Waals surface area contributed by atoms with Crippen LogP contribution in [0.15, 0.2) is 60.6 Å². The monoisotopic (exact) mass is 445 g/mol. The van der Waals surface area contributed by atoms with Crippen molar-refractivity contribution >= 4 is 12.0 Å². The van der Waals surface area contributed by atoms with Gasteiger partial charge in [-0.15, -0.1) is 0 Å². The highest BCUT2D eigenvalue weighted by Crippen LogP contribution is 2.41. The van der Waals surface area contributed by atoms with Crippen LogP contribution in [0.4, 0.5) is 4.39 Å². The molecule has 6 heteroatoms. The highest BCUT2D eigenvalue weighted by Gasteiger charge is 2.40. The van der Waals surface area contributed by atoms with Crippen molar-refractivity contribution in [1.29, 1.82) is 0 Å². The maximum absolute atomic E-state index is 14.6. The van der Waals surface area contributed by atoms with Crippen LogP contribution in [0.2, 0.25) is 0 Å². The predicted molar refractivity (Wildman–Crippen MR) is 126 cm³/mol. The molecule has 2 fully saturated rings. The van der Waals surface area contributed by atoms with Crippen molar-refractivity contribution in [2.45, 2.75) is 51.1 Å². The fourth-order valence-electron chi connectivity index (χ4n) is 5.20. The van der Waals surface area contributed by atoms with E-state index in [1.54, 1.807) is 19.5 Å². The van der Waals surface area contributed by atoms with Gasteiger partial charge in [0.05, 0.1) is 30.9 Å². The zero-order chi connectivity index (χ0) is 22.9. The van der Waals surface area contributed by atoms with E-state index in [0.29, 0.717) is 11.3 Å². The lowest BCUT2D eigenvalue weighted by atomic mass is 9.83. The van der Waals surface area contributed by atoms with Gasteiger partial charge in [-0.05, 0) is 68.9 Å². The van der Waals surface area contributed by atoms with Crippen molar-refractivity contribution in [2.24, 2.45) is 0 Å². The average Bonchev–Trinajstić information content (AvgIpc) is 3.27. The number of methoxy groups -OCH3 is 1. The summed E-state index contributed by atoms with van der Waals surface area (Å²) in [5.41, 5.74) is 4.12. The summed E-state index contributed by atoms with van der Waals surface area (Å²) in [6.45, 7) is 1.94. The standard InChI is InChI=1S/C27H28FN3O2/c1-18-16-30(17-29-18)25-13-10-19(15-26(25)33-2)14-20-11-12-21-6-5-9-24(31(21)27(20)32)22-7-3-4-8-23(22)28/h3-4,7-8,10,13-17,21,24H,5-6,9,11-12H2,1-2H3/b20-14+/t21-,24+/m1/s1. The Hall–Kier alpha value is -3.41. The molecule has 3 heterocycles. The third-order valence-corrected chi connectivity index (χ3v) is 6.80. The minimum Gasteiger partial charge on any atom is -0.495 e. The van der Waals surface area contributed by atoms with Crippen LogP contribution in [0.25, 0.3) is 11.8 Å². The van der Waals surface area contributed by atoms with Crippen LogP contribution in [0.3, 0.4) is 0 Å². The van der Waals surface area contributed by atoms with Crippen molar-refractivity contribution in [3.05, 3.63) is 83.2 Å². The van der Waals surface area contributed by atoms with E-state index in [1.165, 1.54) is 6.07 Å². The Morgan fingerprint density at radius 3 is 2.76 bits per heavy atom. The van der Waals surface area contributed by atoms with Crippen LogP contribution in [0, 0.1) is 12.7 Å². The smallest absolute Gasteiger partial charge is 0.250 e. The van der Waals surface area contributed by atoms with Crippen LogP contribution in [0.1, 0.15) is 55.0 Å². The third kappa shape index (κ3) is 4.06. The van der Waals surface area contributed by atoms with Crippen LogP contribution < -0.4 is 4.74 Å². The lowest BCUT2D eigenvalue weighted by Gasteiger charge is -2.46. The largest absolute Gasteiger partial charge is 0.495 e. The third-order valence-electron chi connectivity index (χ3n) is 6.80. The lowest BCUT2D eigenvalue weighted by Crippen LogP contribution is -2.49. The highest BCUT2D eigenvalue weighted by atomic mass is 19.1. The van der Waals surface area contributed by atoms with Gasteiger partial charge in [-0.25, -0.2) is 9.37 Å². The van der Waals surface area contributed by atoms with Crippen molar-refractivity contribution in [2.75, 3.05) is 7.11 Å². The molecular formula is C27H28FN3O2. The number of nitrogens with zero attached hydrogens (tertiary/aromatic N) is 3. The summed E-state index contributed by atoms with van der Waals surface area (Å²) in [7, 11) is 1.64. The number of fused-ring (bicyclic) bond motifs is 1.